The predicted molar refractivity (Wildman–Crippen MR) is 121 cm³/mol. The first-order valence-electron chi connectivity index (χ1n) is 10.4. The maximum absolute atomic E-state index is 13.8. The van der Waals surface area contributed by atoms with E-state index in [0.717, 1.165) is 10.4 Å². The fourth-order valence-corrected chi connectivity index (χ4v) is 5.89. The average Bonchev–Trinajstić information content (AvgIpc) is 3.52. The van der Waals surface area contributed by atoms with E-state index < -0.39 is 29.4 Å². The van der Waals surface area contributed by atoms with Crippen molar-refractivity contribution in [3.63, 3.8) is 0 Å². The molecule has 0 unspecified atom stereocenters. The number of amides is 2. The molecule has 0 radical (unpaired) electrons. The van der Waals surface area contributed by atoms with Crippen molar-refractivity contribution in [1.82, 2.24) is 5.32 Å². The smallest absolute Gasteiger partial charge is 0.327 e. The molecule has 3 heterocycles. The minimum Gasteiger partial charge on any atom is -0.468 e. The number of nitrogens with zero attached hydrogens (tertiary/aromatic N) is 1. The van der Waals surface area contributed by atoms with Crippen LogP contribution in [-0.2, 0) is 25.5 Å². The largest absolute Gasteiger partial charge is 0.468 e. The summed E-state index contributed by atoms with van der Waals surface area (Å²) in [5.74, 6) is -2.79. The monoisotopic (exact) mass is 446 g/mol. The van der Waals surface area contributed by atoms with E-state index in [1.54, 1.807) is 24.3 Å². The van der Waals surface area contributed by atoms with Gasteiger partial charge in [-0.05, 0) is 29.1 Å². The highest BCUT2D eigenvalue weighted by Gasteiger charge is 2.69. The normalized spacial score (nSPS) is 26.9. The lowest BCUT2D eigenvalue weighted by atomic mass is 9.76. The molecule has 2 fully saturated rings. The average molecular weight is 447 g/mol. The number of benzene rings is 2. The highest BCUT2D eigenvalue weighted by atomic mass is 32.1. The van der Waals surface area contributed by atoms with Gasteiger partial charge in [-0.3, -0.25) is 19.7 Å². The number of methoxy groups -OCH3 is 1. The van der Waals surface area contributed by atoms with E-state index in [1.807, 2.05) is 53.9 Å². The Hall–Kier alpha value is -3.29. The van der Waals surface area contributed by atoms with E-state index in [4.69, 9.17) is 4.74 Å². The Morgan fingerprint density at radius 2 is 1.69 bits per heavy atom. The maximum Gasteiger partial charge on any atom is 0.327 e. The summed E-state index contributed by atoms with van der Waals surface area (Å²) in [6, 6.07) is 21.8. The van der Waals surface area contributed by atoms with Crippen LogP contribution in [0.5, 0.6) is 0 Å². The van der Waals surface area contributed by atoms with E-state index in [2.05, 4.69) is 5.32 Å². The number of fused-ring (bicyclic) bond motifs is 1. The molecule has 2 amide bonds. The molecule has 0 aliphatic carbocycles. The lowest BCUT2D eigenvalue weighted by Crippen LogP contribution is -2.57. The van der Waals surface area contributed by atoms with E-state index in [1.165, 1.54) is 23.3 Å². The van der Waals surface area contributed by atoms with Gasteiger partial charge in [0.2, 0.25) is 11.8 Å². The quantitative estimate of drug-likeness (QED) is 0.481. The van der Waals surface area contributed by atoms with Crippen molar-refractivity contribution >= 4 is 34.8 Å². The van der Waals surface area contributed by atoms with Crippen LogP contribution in [0.25, 0.3) is 0 Å². The lowest BCUT2D eigenvalue weighted by molar-refractivity contribution is -0.152. The molecule has 32 heavy (non-hydrogen) atoms. The second-order valence-electron chi connectivity index (χ2n) is 8.11. The number of anilines is 1. The second kappa shape index (κ2) is 8.00. The Kier molecular flexibility index (Phi) is 5.15. The van der Waals surface area contributed by atoms with Crippen molar-refractivity contribution in [2.75, 3.05) is 12.0 Å². The van der Waals surface area contributed by atoms with Gasteiger partial charge in [0.15, 0.2) is 0 Å². The van der Waals surface area contributed by atoms with Crippen molar-refractivity contribution in [1.29, 1.82) is 0 Å². The number of imide groups is 1. The molecular weight excluding hydrogens is 424 g/mol. The molecule has 0 bridgehead atoms. The van der Waals surface area contributed by atoms with Crippen LogP contribution in [0.3, 0.4) is 0 Å². The van der Waals surface area contributed by atoms with Gasteiger partial charge in [-0.1, -0.05) is 54.6 Å². The number of para-hydroxylation sites is 1. The van der Waals surface area contributed by atoms with Crippen molar-refractivity contribution < 1.29 is 19.1 Å². The Bertz CT molecular complexity index is 1150. The van der Waals surface area contributed by atoms with Crippen LogP contribution in [-0.4, -0.2) is 30.4 Å². The van der Waals surface area contributed by atoms with Gasteiger partial charge >= 0.3 is 5.97 Å². The fourth-order valence-electron chi connectivity index (χ4n) is 5.07. The number of hydrogen-bond donors (Lipinski definition) is 1. The standard InChI is InChI=1S/C25H22N2O4S/c1-31-24(30)25(15-16-9-4-2-5-10-16)20-19(21(26-25)18-13-8-14-32-18)22(28)27(23(20)29)17-11-6-3-7-12-17/h2-14,19-21,26H,15H2,1H3/t19-,20+,21-,25-/m1/s1. The van der Waals surface area contributed by atoms with Gasteiger partial charge in [0.05, 0.1) is 30.7 Å². The Morgan fingerprint density at radius 1 is 1.00 bits per heavy atom. The summed E-state index contributed by atoms with van der Waals surface area (Å²) in [5, 5.41) is 5.34. The van der Waals surface area contributed by atoms with Crippen LogP contribution in [0.1, 0.15) is 16.5 Å². The van der Waals surface area contributed by atoms with Crippen LogP contribution < -0.4 is 10.2 Å². The molecule has 2 aliphatic heterocycles. The molecule has 5 rings (SSSR count). The molecule has 162 valence electrons. The zero-order valence-electron chi connectivity index (χ0n) is 17.4. The van der Waals surface area contributed by atoms with Crippen LogP contribution >= 0.6 is 11.3 Å². The first-order valence-corrected chi connectivity index (χ1v) is 11.3. The van der Waals surface area contributed by atoms with Crippen LogP contribution in [0.4, 0.5) is 5.69 Å². The summed E-state index contributed by atoms with van der Waals surface area (Å²) in [6.45, 7) is 0. The number of carbonyl (C=O) groups excluding carboxylic acids is 3. The minimum absolute atomic E-state index is 0.241. The summed E-state index contributed by atoms with van der Waals surface area (Å²) in [7, 11) is 1.32. The number of carbonyl (C=O) groups is 3. The summed E-state index contributed by atoms with van der Waals surface area (Å²) in [4.78, 5) is 42.9. The summed E-state index contributed by atoms with van der Waals surface area (Å²) >= 11 is 1.50. The molecule has 3 aromatic rings. The third kappa shape index (κ3) is 3.08. The molecule has 4 atom stereocenters. The van der Waals surface area contributed by atoms with Gasteiger partial charge in [0.25, 0.3) is 0 Å². The number of rotatable bonds is 5. The molecule has 6 nitrogen and oxygen atoms in total. The number of ether oxygens (including phenoxy) is 1. The Morgan fingerprint density at radius 3 is 2.31 bits per heavy atom. The van der Waals surface area contributed by atoms with E-state index >= 15 is 0 Å². The van der Waals surface area contributed by atoms with E-state index in [9.17, 15) is 14.4 Å². The van der Waals surface area contributed by atoms with Crippen molar-refractivity contribution in [2.45, 2.75) is 18.0 Å². The zero-order chi connectivity index (χ0) is 22.3. The highest BCUT2D eigenvalue weighted by Crippen LogP contribution is 2.51. The van der Waals surface area contributed by atoms with Crippen molar-refractivity contribution in [3.05, 3.63) is 88.6 Å². The molecule has 2 aliphatic rings. The number of nitrogens with one attached hydrogen (secondary N) is 1. The number of hydrogen-bond acceptors (Lipinski definition) is 6. The van der Waals surface area contributed by atoms with Gasteiger partial charge in [0.1, 0.15) is 5.54 Å². The van der Waals surface area contributed by atoms with Crippen LogP contribution in [0, 0.1) is 11.8 Å². The predicted octanol–water partition coefficient (Wildman–Crippen LogP) is 3.35. The summed E-state index contributed by atoms with van der Waals surface area (Å²) in [6.07, 6.45) is 0.241. The summed E-state index contributed by atoms with van der Waals surface area (Å²) < 4.78 is 5.23. The van der Waals surface area contributed by atoms with Gasteiger partial charge in [0, 0.05) is 11.3 Å². The zero-order valence-corrected chi connectivity index (χ0v) is 18.2. The van der Waals surface area contributed by atoms with Crippen molar-refractivity contribution in [2.24, 2.45) is 11.8 Å². The number of esters is 1. The van der Waals surface area contributed by atoms with Gasteiger partial charge in [-0.25, -0.2) is 4.90 Å². The molecule has 1 N–H and O–H groups in total. The molecule has 2 saturated heterocycles. The topological polar surface area (TPSA) is 75.7 Å². The lowest BCUT2D eigenvalue weighted by Gasteiger charge is -2.32. The minimum atomic E-state index is -1.36. The van der Waals surface area contributed by atoms with Gasteiger partial charge in [-0.15, -0.1) is 11.3 Å². The molecule has 2 aromatic carbocycles. The Labute approximate surface area is 189 Å². The Balaban J connectivity index is 1.66. The molecular formula is C25H22N2O4S. The first-order chi connectivity index (χ1) is 15.6. The summed E-state index contributed by atoms with van der Waals surface area (Å²) in [5.41, 5.74) is 0.0424. The fraction of sp³-hybridized carbons (Fsp3) is 0.240. The van der Waals surface area contributed by atoms with Crippen LogP contribution in [0.2, 0.25) is 0 Å². The van der Waals surface area contributed by atoms with Gasteiger partial charge < -0.3 is 4.74 Å². The first kappa shape index (κ1) is 20.6. The van der Waals surface area contributed by atoms with E-state index in [-0.39, 0.29) is 18.2 Å². The SMILES string of the molecule is COC(=O)[C@]1(Cc2ccccc2)N[C@H](c2cccs2)[C@@H]2C(=O)N(c3ccccc3)C(=O)[C@H]21. The second-order valence-corrected chi connectivity index (χ2v) is 9.09. The maximum atomic E-state index is 13.8. The van der Waals surface area contributed by atoms with E-state index in [0.29, 0.717) is 5.69 Å². The molecule has 0 saturated carbocycles. The number of thiophene rings is 1. The van der Waals surface area contributed by atoms with Crippen LogP contribution in [0.15, 0.2) is 78.2 Å². The highest BCUT2D eigenvalue weighted by molar-refractivity contribution is 7.10. The third-order valence-electron chi connectivity index (χ3n) is 6.39. The third-order valence-corrected chi connectivity index (χ3v) is 7.35. The van der Waals surface area contributed by atoms with Gasteiger partial charge in [-0.2, -0.15) is 0 Å². The molecule has 0 spiro atoms. The molecule has 7 heteroatoms. The molecule has 1 aromatic heterocycles. The van der Waals surface area contributed by atoms with Crippen molar-refractivity contribution in [3.8, 4) is 0 Å².